The van der Waals surface area contributed by atoms with Crippen molar-refractivity contribution in [1.29, 1.82) is 0 Å². The van der Waals surface area contributed by atoms with Crippen LogP contribution in [0.4, 0.5) is 4.39 Å². The molecule has 0 aliphatic rings. The van der Waals surface area contributed by atoms with E-state index in [-0.39, 0.29) is 18.2 Å². The van der Waals surface area contributed by atoms with Crippen LogP contribution < -0.4 is 16.0 Å². The van der Waals surface area contributed by atoms with Crippen LogP contribution in [0.1, 0.15) is 27.2 Å². The lowest BCUT2D eigenvalue weighted by molar-refractivity contribution is 0.0957. The SMILES string of the molecule is CN=C(NCCCNC(=O)c1cccs1)NCc1cc(F)ccc1CS(C)(=O)=O. The summed E-state index contributed by atoms with van der Waals surface area (Å²) in [5.74, 6) is -0.167. The molecule has 158 valence electrons. The molecular weight excluding hydrogens is 415 g/mol. The Morgan fingerprint density at radius 1 is 1.14 bits per heavy atom. The van der Waals surface area contributed by atoms with Gasteiger partial charge < -0.3 is 16.0 Å². The van der Waals surface area contributed by atoms with Gasteiger partial charge in [0.05, 0.1) is 10.6 Å². The number of hydrogen-bond donors (Lipinski definition) is 3. The maximum absolute atomic E-state index is 13.6. The molecule has 0 aliphatic carbocycles. The first kappa shape index (κ1) is 22.8. The van der Waals surface area contributed by atoms with Crippen LogP contribution in [0.15, 0.2) is 40.7 Å². The monoisotopic (exact) mass is 440 g/mol. The van der Waals surface area contributed by atoms with E-state index in [1.807, 2.05) is 11.4 Å². The number of carbonyl (C=O) groups is 1. The summed E-state index contributed by atoms with van der Waals surface area (Å²) >= 11 is 1.39. The largest absolute Gasteiger partial charge is 0.356 e. The van der Waals surface area contributed by atoms with E-state index >= 15 is 0 Å². The number of nitrogens with zero attached hydrogens (tertiary/aromatic N) is 1. The Kier molecular flexibility index (Phi) is 8.59. The molecule has 0 atom stereocenters. The number of carbonyl (C=O) groups excluding carboxylic acids is 1. The van der Waals surface area contributed by atoms with Crippen molar-refractivity contribution in [2.24, 2.45) is 4.99 Å². The summed E-state index contributed by atoms with van der Waals surface area (Å²) in [5.41, 5.74) is 1.11. The molecule has 0 saturated heterocycles. The van der Waals surface area contributed by atoms with Crippen molar-refractivity contribution in [3.8, 4) is 0 Å². The molecule has 0 bridgehead atoms. The van der Waals surface area contributed by atoms with Gasteiger partial charge in [0.15, 0.2) is 15.8 Å². The van der Waals surface area contributed by atoms with E-state index in [4.69, 9.17) is 0 Å². The van der Waals surface area contributed by atoms with Crippen LogP contribution in [0.3, 0.4) is 0 Å². The summed E-state index contributed by atoms with van der Waals surface area (Å²) < 4.78 is 36.7. The maximum Gasteiger partial charge on any atom is 0.261 e. The topological polar surface area (TPSA) is 99.7 Å². The first-order chi connectivity index (χ1) is 13.8. The van der Waals surface area contributed by atoms with Gasteiger partial charge in [-0.05, 0) is 41.1 Å². The highest BCUT2D eigenvalue weighted by atomic mass is 32.2. The molecule has 1 amide bonds. The highest BCUT2D eigenvalue weighted by Crippen LogP contribution is 2.14. The summed E-state index contributed by atoms with van der Waals surface area (Å²) in [6.45, 7) is 1.32. The third-order valence-corrected chi connectivity index (χ3v) is 5.64. The number of nitrogens with one attached hydrogen (secondary N) is 3. The van der Waals surface area contributed by atoms with Gasteiger partial charge in [-0.1, -0.05) is 12.1 Å². The van der Waals surface area contributed by atoms with Gasteiger partial charge in [-0.25, -0.2) is 12.8 Å². The maximum atomic E-state index is 13.6. The molecule has 29 heavy (non-hydrogen) atoms. The standard InChI is InChI=1S/C19H25FN4O3S2/c1-21-19(23-9-4-8-22-18(25)17-5-3-10-28-17)24-12-15-11-16(20)7-6-14(15)13-29(2,26)27/h3,5-7,10-11H,4,8-9,12-13H2,1-2H3,(H,22,25)(H2,21,23,24). The van der Waals surface area contributed by atoms with E-state index in [0.717, 1.165) is 6.26 Å². The summed E-state index contributed by atoms with van der Waals surface area (Å²) in [7, 11) is -1.62. The molecular formula is C19H25FN4O3S2. The second-order valence-corrected chi connectivity index (χ2v) is 9.51. The molecule has 0 saturated carbocycles. The summed E-state index contributed by atoms with van der Waals surface area (Å²) in [6.07, 6.45) is 1.84. The summed E-state index contributed by atoms with van der Waals surface area (Å²) in [6, 6.07) is 7.66. The first-order valence-corrected chi connectivity index (χ1v) is 11.9. The van der Waals surface area contributed by atoms with Crippen molar-refractivity contribution in [3.63, 3.8) is 0 Å². The van der Waals surface area contributed by atoms with Crippen molar-refractivity contribution < 1.29 is 17.6 Å². The van der Waals surface area contributed by atoms with E-state index in [0.29, 0.717) is 41.5 Å². The fraction of sp³-hybridized carbons (Fsp3) is 0.368. The van der Waals surface area contributed by atoms with Crippen LogP contribution in [0.25, 0.3) is 0 Å². The van der Waals surface area contributed by atoms with E-state index in [1.54, 1.807) is 13.1 Å². The Labute approximate surface area is 174 Å². The molecule has 3 N–H and O–H groups in total. The van der Waals surface area contributed by atoms with E-state index in [2.05, 4.69) is 20.9 Å². The average Bonchev–Trinajstić information content (AvgIpc) is 3.19. The van der Waals surface area contributed by atoms with E-state index in [9.17, 15) is 17.6 Å². The lowest BCUT2D eigenvalue weighted by Gasteiger charge is -2.14. The predicted molar refractivity (Wildman–Crippen MR) is 114 cm³/mol. The number of rotatable bonds is 9. The number of thiophene rings is 1. The van der Waals surface area contributed by atoms with E-state index < -0.39 is 15.7 Å². The quantitative estimate of drug-likeness (QED) is 0.314. The van der Waals surface area contributed by atoms with Gasteiger partial charge in [0.2, 0.25) is 0 Å². The molecule has 0 spiro atoms. The molecule has 7 nitrogen and oxygen atoms in total. The Hall–Kier alpha value is -2.46. The predicted octanol–water partition coefficient (Wildman–Crippen LogP) is 1.92. The Morgan fingerprint density at radius 2 is 1.90 bits per heavy atom. The van der Waals surface area contributed by atoms with Gasteiger partial charge >= 0.3 is 0 Å². The van der Waals surface area contributed by atoms with E-state index in [1.165, 1.54) is 29.5 Å². The van der Waals surface area contributed by atoms with Crippen LogP contribution in [-0.2, 0) is 22.1 Å². The molecule has 0 radical (unpaired) electrons. The van der Waals surface area contributed by atoms with Gasteiger partial charge in [-0.3, -0.25) is 9.79 Å². The van der Waals surface area contributed by atoms with Crippen LogP contribution >= 0.6 is 11.3 Å². The lowest BCUT2D eigenvalue weighted by atomic mass is 10.1. The van der Waals surface area contributed by atoms with Gasteiger partial charge in [-0.15, -0.1) is 11.3 Å². The molecule has 2 rings (SSSR count). The molecule has 0 unspecified atom stereocenters. The number of sulfone groups is 1. The third kappa shape index (κ3) is 8.20. The van der Waals surface area contributed by atoms with Crippen molar-refractivity contribution >= 4 is 33.0 Å². The molecule has 0 fully saturated rings. The second-order valence-electron chi connectivity index (χ2n) is 6.42. The lowest BCUT2D eigenvalue weighted by Crippen LogP contribution is -2.38. The van der Waals surface area contributed by atoms with Crippen LogP contribution in [0.2, 0.25) is 0 Å². The molecule has 1 aromatic heterocycles. The zero-order valence-electron chi connectivity index (χ0n) is 16.4. The zero-order valence-corrected chi connectivity index (χ0v) is 18.0. The van der Waals surface area contributed by atoms with Crippen LogP contribution in [0.5, 0.6) is 0 Å². The molecule has 1 heterocycles. The van der Waals surface area contributed by atoms with Crippen molar-refractivity contribution in [2.45, 2.75) is 18.7 Å². The van der Waals surface area contributed by atoms with Gasteiger partial charge in [-0.2, -0.15) is 0 Å². The average molecular weight is 441 g/mol. The van der Waals surface area contributed by atoms with Crippen LogP contribution in [0, 0.1) is 5.82 Å². The van der Waals surface area contributed by atoms with Crippen molar-refractivity contribution in [1.82, 2.24) is 16.0 Å². The fourth-order valence-corrected chi connectivity index (χ4v) is 4.06. The minimum atomic E-state index is -3.23. The Bertz CT molecular complexity index is 944. The number of hydrogen-bond acceptors (Lipinski definition) is 5. The number of halogens is 1. The third-order valence-electron chi connectivity index (χ3n) is 3.93. The molecule has 0 aliphatic heterocycles. The molecule has 1 aromatic carbocycles. The minimum absolute atomic E-state index is 0.0907. The van der Waals surface area contributed by atoms with Gasteiger partial charge in [0.25, 0.3) is 5.91 Å². The van der Waals surface area contributed by atoms with Crippen LogP contribution in [-0.4, -0.2) is 46.7 Å². The number of benzene rings is 1. The van der Waals surface area contributed by atoms with Gasteiger partial charge in [0, 0.05) is 32.9 Å². The number of guanidine groups is 1. The number of amides is 1. The molecule has 10 heteroatoms. The minimum Gasteiger partial charge on any atom is -0.356 e. The second kappa shape index (κ2) is 10.9. The Balaban J connectivity index is 1.79. The van der Waals surface area contributed by atoms with Crippen molar-refractivity contribution in [2.75, 3.05) is 26.4 Å². The summed E-state index contributed by atoms with van der Waals surface area (Å²) in [4.78, 5) is 16.6. The fourth-order valence-electron chi connectivity index (χ4n) is 2.57. The Morgan fingerprint density at radius 3 is 2.55 bits per heavy atom. The number of aliphatic imine (C=N–C) groups is 1. The molecule has 2 aromatic rings. The zero-order chi connectivity index (χ0) is 21.3. The van der Waals surface area contributed by atoms with Gasteiger partial charge in [0.1, 0.15) is 5.82 Å². The summed E-state index contributed by atoms with van der Waals surface area (Å²) in [5, 5.41) is 10.9. The smallest absolute Gasteiger partial charge is 0.261 e. The highest BCUT2D eigenvalue weighted by Gasteiger charge is 2.11. The highest BCUT2D eigenvalue weighted by molar-refractivity contribution is 7.89. The first-order valence-electron chi connectivity index (χ1n) is 9.00. The van der Waals surface area contributed by atoms with Crippen molar-refractivity contribution in [3.05, 3.63) is 57.5 Å². The normalized spacial score (nSPS) is 11.9.